The molecule has 0 saturated carbocycles. The van der Waals surface area contributed by atoms with Crippen LogP contribution in [0.3, 0.4) is 0 Å². The van der Waals surface area contributed by atoms with Crippen LogP contribution in [-0.2, 0) is 0 Å². The third-order valence-corrected chi connectivity index (χ3v) is 4.28. The fraction of sp³-hybridized carbons (Fsp3) is 0. The number of rotatable bonds is 7. The molecule has 0 N–H and O–H groups in total. The van der Waals surface area contributed by atoms with Crippen LogP contribution in [0.25, 0.3) is 11.0 Å². The molecule has 0 aliphatic carbocycles. The SMILES string of the molecule is C=C/C=C\C(=C)Sn1cc(C=O)c2c(Oc3cccc(F)c3)ccnc21. The molecule has 3 aromatic rings. The Labute approximate surface area is 154 Å². The second kappa shape index (κ2) is 7.84. The highest BCUT2D eigenvalue weighted by atomic mass is 32.2. The lowest BCUT2D eigenvalue weighted by Gasteiger charge is -2.08. The minimum atomic E-state index is -0.401. The molecule has 2 heterocycles. The number of hydrogen-bond donors (Lipinski definition) is 0. The Morgan fingerprint density at radius 1 is 1.35 bits per heavy atom. The van der Waals surface area contributed by atoms with E-state index < -0.39 is 5.82 Å². The van der Waals surface area contributed by atoms with Crippen molar-refractivity contribution in [1.82, 2.24) is 8.96 Å². The van der Waals surface area contributed by atoms with Crippen molar-refractivity contribution < 1.29 is 13.9 Å². The van der Waals surface area contributed by atoms with E-state index in [2.05, 4.69) is 18.1 Å². The number of nitrogens with zero attached hydrogens (tertiary/aromatic N) is 2. The number of allylic oxidation sites excluding steroid dienone is 3. The highest BCUT2D eigenvalue weighted by Gasteiger charge is 2.16. The van der Waals surface area contributed by atoms with E-state index >= 15 is 0 Å². The number of aldehydes is 1. The van der Waals surface area contributed by atoms with Gasteiger partial charge in [0, 0.05) is 28.9 Å². The van der Waals surface area contributed by atoms with E-state index in [1.807, 2.05) is 0 Å². The van der Waals surface area contributed by atoms with Crippen molar-refractivity contribution in [2.45, 2.75) is 0 Å². The van der Waals surface area contributed by atoms with Crippen LogP contribution in [-0.4, -0.2) is 15.2 Å². The molecule has 0 bridgehead atoms. The maximum atomic E-state index is 13.4. The second-order valence-corrected chi connectivity index (χ2v) is 6.35. The smallest absolute Gasteiger partial charge is 0.154 e. The molecule has 130 valence electrons. The standard InChI is InChI=1S/C20H15FN2O2S/c1-3-4-6-14(2)26-23-12-15(13-24)19-18(9-10-22-20(19)23)25-17-8-5-7-16(21)11-17/h3-13H,1-2H2/b6-4-. The molecule has 0 fully saturated rings. The number of pyridine rings is 1. The summed E-state index contributed by atoms with van der Waals surface area (Å²) in [4.78, 5) is 16.6. The summed E-state index contributed by atoms with van der Waals surface area (Å²) in [6, 6.07) is 7.45. The molecule has 0 aliphatic rings. The lowest BCUT2D eigenvalue weighted by Crippen LogP contribution is -1.90. The summed E-state index contributed by atoms with van der Waals surface area (Å²) in [6.07, 6.45) is 9.21. The monoisotopic (exact) mass is 366 g/mol. The molecule has 0 spiro atoms. The number of ether oxygens (including phenoxy) is 1. The molecule has 0 amide bonds. The van der Waals surface area contributed by atoms with Gasteiger partial charge in [0.2, 0.25) is 0 Å². The molecule has 3 rings (SSSR count). The van der Waals surface area contributed by atoms with Crippen molar-refractivity contribution in [2.24, 2.45) is 0 Å². The third-order valence-electron chi connectivity index (χ3n) is 3.43. The Bertz CT molecular complexity index is 1020. The molecule has 0 atom stereocenters. The van der Waals surface area contributed by atoms with E-state index in [4.69, 9.17) is 4.74 Å². The van der Waals surface area contributed by atoms with E-state index in [9.17, 15) is 9.18 Å². The van der Waals surface area contributed by atoms with Crippen molar-refractivity contribution in [1.29, 1.82) is 0 Å². The molecule has 4 nitrogen and oxygen atoms in total. The van der Waals surface area contributed by atoms with Gasteiger partial charge in [-0.05, 0) is 36.2 Å². The predicted octanol–water partition coefficient (Wildman–Crippen LogP) is 5.53. The molecular formula is C20H15FN2O2S. The largest absolute Gasteiger partial charge is 0.456 e. The predicted molar refractivity (Wildman–Crippen MR) is 103 cm³/mol. The van der Waals surface area contributed by atoms with Gasteiger partial charge in [-0.3, -0.25) is 8.77 Å². The van der Waals surface area contributed by atoms with Gasteiger partial charge in [-0.25, -0.2) is 9.37 Å². The Hall–Kier alpha value is -3.12. The molecular weight excluding hydrogens is 351 g/mol. The summed E-state index contributed by atoms with van der Waals surface area (Å²) in [5.74, 6) is 0.365. The van der Waals surface area contributed by atoms with Gasteiger partial charge >= 0.3 is 0 Å². The average molecular weight is 366 g/mol. The van der Waals surface area contributed by atoms with Crippen molar-refractivity contribution in [3.63, 3.8) is 0 Å². The lowest BCUT2D eigenvalue weighted by molar-refractivity contribution is 0.112. The number of aromatic nitrogens is 2. The minimum absolute atomic E-state index is 0.341. The fourth-order valence-electron chi connectivity index (χ4n) is 2.36. The van der Waals surface area contributed by atoms with Crippen molar-refractivity contribution in [3.05, 3.63) is 90.4 Å². The number of benzene rings is 1. The van der Waals surface area contributed by atoms with Gasteiger partial charge in [0.05, 0.1) is 5.39 Å². The van der Waals surface area contributed by atoms with Crippen LogP contribution in [0.15, 0.2) is 79.0 Å². The van der Waals surface area contributed by atoms with Crippen molar-refractivity contribution in [3.8, 4) is 11.5 Å². The minimum Gasteiger partial charge on any atom is -0.456 e. The number of carbonyl (C=O) groups excluding carboxylic acids is 1. The normalized spacial score (nSPS) is 11.0. The first-order chi connectivity index (χ1) is 12.6. The zero-order valence-corrected chi connectivity index (χ0v) is 14.6. The van der Waals surface area contributed by atoms with Crippen LogP contribution in [0.2, 0.25) is 0 Å². The van der Waals surface area contributed by atoms with E-state index in [0.29, 0.717) is 28.1 Å². The Morgan fingerprint density at radius 3 is 2.92 bits per heavy atom. The first-order valence-electron chi connectivity index (χ1n) is 7.67. The molecule has 0 unspecified atom stereocenters. The maximum Gasteiger partial charge on any atom is 0.154 e. The first kappa shape index (κ1) is 17.7. The van der Waals surface area contributed by atoms with Crippen LogP contribution in [0.1, 0.15) is 10.4 Å². The summed E-state index contributed by atoms with van der Waals surface area (Å²) in [5.41, 5.74) is 0.978. The third kappa shape index (κ3) is 3.75. The highest BCUT2D eigenvalue weighted by molar-refractivity contribution is 8.01. The van der Waals surface area contributed by atoms with Crippen LogP contribution < -0.4 is 4.74 Å². The average Bonchev–Trinajstić information content (AvgIpc) is 2.99. The van der Waals surface area contributed by atoms with Crippen LogP contribution in [0.5, 0.6) is 11.5 Å². The van der Waals surface area contributed by atoms with Crippen molar-refractivity contribution >= 4 is 29.3 Å². The zero-order chi connectivity index (χ0) is 18.5. The summed E-state index contributed by atoms with van der Waals surface area (Å²) in [5, 5.41) is 0.555. The summed E-state index contributed by atoms with van der Waals surface area (Å²) in [7, 11) is 0. The van der Waals surface area contributed by atoms with Crippen LogP contribution in [0, 0.1) is 5.82 Å². The molecule has 0 aliphatic heterocycles. The van der Waals surface area contributed by atoms with E-state index in [1.165, 1.54) is 24.1 Å². The topological polar surface area (TPSA) is 44.1 Å². The first-order valence-corrected chi connectivity index (χ1v) is 8.44. The quantitative estimate of drug-likeness (QED) is 0.407. The Kier molecular flexibility index (Phi) is 5.34. The molecule has 6 heteroatoms. The van der Waals surface area contributed by atoms with Crippen molar-refractivity contribution in [2.75, 3.05) is 0 Å². The van der Waals surface area contributed by atoms with Gasteiger partial charge in [-0.2, -0.15) is 0 Å². The van der Waals surface area contributed by atoms with Crippen LogP contribution in [0.4, 0.5) is 4.39 Å². The summed E-state index contributed by atoms with van der Waals surface area (Å²) in [6.45, 7) is 7.57. The molecule has 1 aromatic carbocycles. The summed E-state index contributed by atoms with van der Waals surface area (Å²) >= 11 is 1.32. The zero-order valence-electron chi connectivity index (χ0n) is 13.8. The Morgan fingerprint density at radius 2 is 2.19 bits per heavy atom. The molecule has 0 saturated heterocycles. The number of halogens is 1. The van der Waals surface area contributed by atoms with Gasteiger partial charge in [0.15, 0.2) is 11.9 Å². The van der Waals surface area contributed by atoms with Crippen LogP contribution >= 0.6 is 11.9 Å². The van der Waals surface area contributed by atoms with Gasteiger partial charge in [-0.15, -0.1) is 0 Å². The van der Waals surface area contributed by atoms with E-state index in [1.54, 1.807) is 52.8 Å². The highest BCUT2D eigenvalue weighted by Crippen LogP contribution is 2.35. The second-order valence-electron chi connectivity index (χ2n) is 5.25. The molecule has 0 radical (unpaired) electrons. The van der Waals surface area contributed by atoms with E-state index in [0.717, 1.165) is 11.2 Å². The lowest BCUT2D eigenvalue weighted by atomic mass is 10.2. The molecule has 2 aromatic heterocycles. The van der Waals surface area contributed by atoms with Gasteiger partial charge in [0.1, 0.15) is 17.3 Å². The van der Waals surface area contributed by atoms with Gasteiger partial charge < -0.3 is 4.74 Å². The fourth-order valence-corrected chi connectivity index (χ4v) is 3.14. The number of fused-ring (bicyclic) bond motifs is 1. The van der Waals surface area contributed by atoms with E-state index in [-0.39, 0.29) is 0 Å². The Balaban J connectivity index is 2.03. The van der Waals surface area contributed by atoms with Gasteiger partial charge in [-0.1, -0.05) is 31.4 Å². The van der Waals surface area contributed by atoms with Gasteiger partial charge in [0.25, 0.3) is 0 Å². The molecule has 26 heavy (non-hydrogen) atoms. The maximum absolute atomic E-state index is 13.4. The number of hydrogen-bond acceptors (Lipinski definition) is 4. The number of carbonyl (C=O) groups is 1. The summed E-state index contributed by atoms with van der Waals surface area (Å²) < 4.78 is 20.9.